The monoisotopic (exact) mass is 285 g/mol. The number of phenols is 1. The van der Waals surface area contributed by atoms with Crippen LogP contribution in [0.15, 0.2) is 49.1 Å². The molecule has 0 atom stereocenters. The molecule has 20 heavy (non-hydrogen) atoms. The number of allylic oxidation sites excluding steroid dienone is 1. The number of nitriles is 1. The normalized spacial score (nSPS) is 9.80. The van der Waals surface area contributed by atoms with E-state index < -0.39 is 0 Å². The number of ether oxygens (including phenoxy) is 1. The van der Waals surface area contributed by atoms with Crippen molar-refractivity contribution < 1.29 is 9.84 Å². The molecule has 0 aromatic heterocycles. The van der Waals surface area contributed by atoms with Crippen LogP contribution < -0.4 is 4.74 Å². The smallest absolute Gasteiger partial charge is 0.169 e. The Hall–Kier alpha value is -2.44. The number of aromatic hydroxyl groups is 1. The number of halogens is 1. The minimum atomic E-state index is -0.0427. The summed E-state index contributed by atoms with van der Waals surface area (Å²) in [5.41, 5.74) is 0.916. The molecule has 0 bridgehead atoms. The Morgan fingerprint density at radius 3 is 2.55 bits per heavy atom. The lowest BCUT2D eigenvalue weighted by molar-refractivity contribution is 0.407. The van der Waals surface area contributed by atoms with Gasteiger partial charge in [-0.05, 0) is 42.8 Å². The lowest BCUT2D eigenvalue weighted by Gasteiger charge is -2.11. The fraction of sp³-hybridized carbons (Fsp3) is 0.0625. The van der Waals surface area contributed by atoms with Gasteiger partial charge in [-0.25, -0.2) is 0 Å². The zero-order valence-electron chi connectivity index (χ0n) is 10.6. The first kappa shape index (κ1) is 14.0. The van der Waals surface area contributed by atoms with Crippen molar-refractivity contribution in [3.8, 4) is 23.3 Å². The number of nitrogens with zero attached hydrogens (tertiary/aromatic N) is 1. The minimum absolute atomic E-state index is 0.0427. The van der Waals surface area contributed by atoms with Crippen molar-refractivity contribution >= 4 is 11.6 Å². The molecule has 0 aliphatic rings. The molecule has 0 amide bonds. The molecule has 0 spiro atoms. The van der Waals surface area contributed by atoms with E-state index in [1.807, 2.05) is 6.07 Å². The molecule has 4 heteroatoms. The van der Waals surface area contributed by atoms with E-state index in [-0.39, 0.29) is 5.75 Å². The average molecular weight is 286 g/mol. The predicted molar refractivity (Wildman–Crippen MR) is 78.2 cm³/mol. The third-order valence-electron chi connectivity index (χ3n) is 2.76. The lowest BCUT2D eigenvalue weighted by atomic mass is 10.0. The van der Waals surface area contributed by atoms with Crippen LogP contribution in [0.25, 0.3) is 0 Å². The number of hydrogen-bond donors (Lipinski definition) is 1. The molecule has 1 N–H and O–H groups in total. The minimum Gasteiger partial charge on any atom is -0.504 e. The van der Waals surface area contributed by atoms with Crippen LogP contribution in [0.1, 0.15) is 11.1 Å². The summed E-state index contributed by atoms with van der Waals surface area (Å²) in [4.78, 5) is 0. The van der Waals surface area contributed by atoms with E-state index in [2.05, 4.69) is 6.58 Å². The summed E-state index contributed by atoms with van der Waals surface area (Å²) < 4.78 is 5.60. The van der Waals surface area contributed by atoms with Gasteiger partial charge in [-0.2, -0.15) is 5.26 Å². The van der Waals surface area contributed by atoms with Crippen LogP contribution in [0, 0.1) is 11.3 Å². The van der Waals surface area contributed by atoms with Gasteiger partial charge in [0.05, 0.1) is 11.6 Å². The van der Waals surface area contributed by atoms with Crippen LogP contribution in [0.4, 0.5) is 0 Å². The second kappa shape index (κ2) is 6.14. The maximum Gasteiger partial charge on any atom is 0.169 e. The Labute approximate surface area is 122 Å². The summed E-state index contributed by atoms with van der Waals surface area (Å²) in [6.45, 7) is 3.62. The quantitative estimate of drug-likeness (QED) is 0.845. The standard InChI is InChI=1S/C16H12ClNO2/c1-2-3-14-11(10-18)4-9-15(16(14)19)20-13-7-5-12(17)6-8-13/h2,4-9,19H,1,3H2. The maximum absolute atomic E-state index is 10.2. The third kappa shape index (κ3) is 2.93. The summed E-state index contributed by atoms with van der Waals surface area (Å²) in [6.07, 6.45) is 2.02. The molecule has 0 aliphatic carbocycles. The second-order valence-electron chi connectivity index (χ2n) is 4.10. The van der Waals surface area contributed by atoms with E-state index in [0.717, 1.165) is 0 Å². The Morgan fingerprint density at radius 2 is 1.95 bits per heavy atom. The number of phenolic OH excluding ortho intramolecular Hbond substituents is 1. The Morgan fingerprint density at radius 1 is 1.25 bits per heavy atom. The summed E-state index contributed by atoms with van der Waals surface area (Å²) in [5.74, 6) is 0.807. The lowest BCUT2D eigenvalue weighted by Crippen LogP contribution is -1.93. The van der Waals surface area contributed by atoms with Crippen molar-refractivity contribution in [2.45, 2.75) is 6.42 Å². The fourth-order valence-electron chi connectivity index (χ4n) is 1.78. The van der Waals surface area contributed by atoms with Crippen molar-refractivity contribution in [3.05, 3.63) is 65.2 Å². The predicted octanol–water partition coefficient (Wildman–Crippen LogP) is 4.44. The number of rotatable bonds is 4. The summed E-state index contributed by atoms with van der Waals surface area (Å²) in [7, 11) is 0. The molecule has 2 aromatic carbocycles. The van der Waals surface area contributed by atoms with Crippen LogP contribution >= 0.6 is 11.6 Å². The number of benzene rings is 2. The van der Waals surface area contributed by atoms with Gasteiger partial charge in [-0.3, -0.25) is 0 Å². The first-order valence-electron chi connectivity index (χ1n) is 5.95. The van der Waals surface area contributed by atoms with Crippen LogP contribution in [-0.4, -0.2) is 5.11 Å². The molecule has 0 saturated carbocycles. The van der Waals surface area contributed by atoms with Gasteiger partial charge in [0.2, 0.25) is 0 Å². The Kier molecular flexibility index (Phi) is 4.29. The first-order chi connectivity index (χ1) is 9.65. The van der Waals surface area contributed by atoms with Gasteiger partial charge in [0.1, 0.15) is 5.75 Å². The van der Waals surface area contributed by atoms with Gasteiger partial charge in [-0.15, -0.1) is 6.58 Å². The van der Waals surface area contributed by atoms with E-state index in [0.29, 0.717) is 34.1 Å². The van der Waals surface area contributed by atoms with Gasteiger partial charge >= 0.3 is 0 Å². The molecule has 0 saturated heterocycles. The van der Waals surface area contributed by atoms with Gasteiger partial charge in [-0.1, -0.05) is 17.7 Å². The van der Waals surface area contributed by atoms with E-state index in [4.69, 9.17) is 21.6 Å². The molecular formula is C16H12ClNO2. The highest BCUT2D eigenvalue weighted by Gasteiger charge is 2.13. The Bertz CT molecular complexity index is 672. The van der Waals surface area contributed by atoms with Crippen LogP contribution in [0.3, 0.4) is 0 Å². The zero-order valence-corrected chi connectivity index (χ0v) is 11.4. The second-order valence-corrected chi connectivity index (χ2v) is 4.54. The van der Waals surface area contributed by atoms with Gasteiger partial charge in [0, 0.05) is 10.6 Å². The van der Waals surface area contributed by atoms with E-state index in [1.54, 1.807) is 42.5 Å². The van der Waals surface area contributed by atoms with Crippen molar-refractivity contribution in [1.29, 1.82) is 5.26 Å². The fourth-order valence-corrected chi connectivity index (χ4v) is 1.91. The van der Waals surface area contributed by atoms with Crippen molar-refractivity contribution in [1.82, 2.24) is 0 Å². The van der Waals surface area contributed by atoms with Crippen molar-refractivity contribution in [2.24, 2.45) is 0 Å². The summed E-state index contributed by atoms with van der Waals surface area (Å²) in [6, 6.07) is 12.0. The average Bonchev–Trinajstić information content (AvgIpc) is 2.46. The zero-order chi connectivity index (χ0) is 14.5. The van der Waals surface area contributed by atoms with Crippen LogP contribution in [0.5, 0.6) is 17.2 Å². The van der Waals surface area contributed by atoms with Crippen LogP contribution in [0.2, 0.25) is 5.02 Å². The molecule has 0 unspecified atom stereocenters. The van der Waals surface area contributed by atoms with E-state index in [1.165, 1.54) is 0 Å². The summed E-state index contributed by atoms with van der Waals surface area (Å²) >= 11 is 5.80. The number of hydrogen-bond acceptors (Lipinski definition) is 3. The highest BCUT2D eigenvalue weighted by atomic mass is 35.5. The molecular weight excluding hydrogens is 274 g/mol. The largest absolute Gasteiger partial charge is 0.504 e. The van der Waals surface area contributed by atoms with Gasteiger partial charge in [0.25, 0.3) is 0 Å². The van der Waals surface area contributed by atoms with E-state index in [9.17, 15) is 5.11 Å². The Balaban J connectivity index is 2.38. The summed E-state index contributed by atoms with van der Waals surface area (Å²) in [5, 5.41) is 19.8. The van der Waals surface area contributed by atoms with E-state index >= 15 is 0 Å². The van der Waals surface area contributed by atoms with Gasteiger partial charge in [0.15, 0.2) is 11.5 Å². The van der Waals surface area contributed by atoms with Crippen molar-refractivity contribution in [2.75, 3.05) is 0 Å². The molecule has 0 radical (unpaired) electrons. The maximum atomic E-state index is 10.2. The van der Waals surface area contributed by atoms with Crippen LogP contribution in [-0.2, 0) is 6.42 Å². The molecule has 100 valence electrons. The highest BCUT2D eigenvalue weighted by molar-refractivity contribution is 6.30. The topological polar surface area (TPSA) is 53.2 Å². The third-order valence-corrected chi connectivity index (χ3v) is 3.01. The SMILES string of the molecule is C=CCc1c(C#N)ccc(Oc2ccc(Cl)cc2)c1O. The highest BCUT2D eigenvalue weighted by Crippen LogP contribution is 2.36. The molecule has 2 rings (SSSR count). The molecule has 0 aliphatic heterocycles. The van der Waals surface area contributed by atoms with Gasteiger partial charge < -0.3 is 9.84 Å². The molecule has 2 aromatic rings. The van der Waals surface area contributed by atoms with Crippen molar-refractivity contribution in [3.63, 3.8) is 0 Å². The first-order valence-corrected chi connectivity index (χ1v) is 6.32. The molecule has 0 heterocycles. The molecule has 3 nitrogen and oxygen atoms in total. The molecule has 0 fully saturated rings.